The Kier molecular flexibility index (Phi) is 3.71. The highest BCUT2D eigenvalue weighted by atomic mass is 16.5. The van der Waals surface area contributed by atoms with Crippen molar-refractivity contribution in [1.82, 2.24) is 14.8 Å². The molecule has 0 aliphatic rings. The summed E-state index contributed by atoms with van der Waals surface area (Å²) in [5, 5.41) is 10.8. The Morgan fingerprint density at radius 1 is 0.833 bits per heavy atom. The van der Waals surface area contributed by atoms with Gasteiger partial charge >= 0.3 is 0 Å². The van der Waals surface area contributed by atoms with Gasteiger partial charge in [0, 0.05) is 18.0 Å². The van der Waals surface area contributed by atoms with Crippen LogP contribution in [-0.2, 0) is 13.7 Å². The lowest BCUT2D eigenvalue weighted by atomic mass is 10.1. The van der Waals surface area contributed by atoms with Gasteiger partial charge in [0.2, 0.25) is 0 Å². The molecule has 0 bridgehead atoms. The first kappa shape index (κ1) is 14.5. The van der Waals surface area contributed by atoms with Gasteiger partial charge in [-0.3, -0.25) is 0 Å². The molecule has 4 heteroatoms. The summed E-state index contributed by atoms with van der Waals surface area (Å²) in [6.45, 7) is 0.379. The van der Waals surface area contributed by atoms with E-state index < -0.39 is 0 Å². The van der Waals surface area contributed by atoms with Crippen molar-refractivity contribution in [3.05, 3.63) is 78.6 Å². The first-order chi connectivity index (χ1) is 11.8. The number of rotatable bonds is 4. The molecule has 0 atom stereocenters. The highest BCUT2D eigenvalue weighted by molar-refractivity contribution is 5.88. The molecule has 1 aromatic heterocycles. The van der Waals surface area contributed by atoms with Gasteiger partial charge in [-0.25, -0.2) is 0 Å². The summed E-state index contributed by atoms with van der Waals surface area (Å²) in [5.74, 6) is 2.49. The quantitative estimate of drug-likeness (QED) is 0.566. The summed E-state index contributed by atoms with van der Waals surface area (Å²) in [6.07, 6.45) is 0. The normalized spacial score (nSPS) is 10.9. The average molecular weight is 315 g/mol. The minimum absolute atomic E-state index is 0.379. The summed E-state index contributed by atoms with van der Waals surface area (Å²) in [4.78, 5) is 0. The molecular formula is C20H17N3O. The van der Waals surface area contributed by atoms with Crippen molar-refractivity contribution in [1.29, 1.82) is 0 Å². The molecule has 4 rings (SSSR count). The lowest BCUT2D eigenvalue weighted by Gasteiger charge is -2.09. The van der Waals surface area contributed by atoms with Crippen LogP contribution in [-0.4, -0.2) is 14.8 Å². The summed E-state index contributed by atoms with van der Waals surface area (Å²) < 4.78 is 7.98. The predicted octanol–water partition coefficient (Wildman–Crippen LogP) is 4.21. The molecule has 0 amide bonds. The van der Waals surface area contributed by atoms with Crippen molar-refractivity contribution >= 4 is 10.8 Å². The third-order valence-electron chi connectivity index (χ3n) is 4.10. The molecule has 0 saturated heterocycles. The third-order valence-corrected chi connectivity index (χ3v) is 4.10. The summed E-state index contributed by atoms with van der Waals surface area (Å²) in [6, 6.07) is 24.3. The fourth-order valence-corrected chi connectivity index (χ4v) is 2.79. The molecule has 0 saturated carbocycles. The zero-order valence-electron chi connectivity index (χ0n) is 13.4. The second kappa shape index (κ2) is 6.16. The van der Waals surface area contributed by atoms with Crippen molar-refractivity contribution in [2.45, 2.75) is 6.61 Å². The van der Waals surface area contributed by atoms with Gasteiger partial charge in [0.25, 0.3) is 0 Å². The number of benzene rings is 3. The SMILES string of the molecule is Cn1c(COc2cccc3ccccc23)nnc1-c1ccccc1. The van der Waals surface area contributed by atoms with Crippen LogP contribution in [0.5, 0.6) is 5.75 Å². The number of ether oxygens (including phenoxy) is 1. The fraction of sp³-hybridized carbons (Fsp3) is 0.100. The number of hydrogen-bond donors (Lipinski definition) is 0. The van der Waals surface area contributed by atoms with Crippen LogP contribution < -0.4 is 4.74 Å². The van der Waals surface area contributed by atoms with Gasteiger partial charge in [-0.05, 0) is 11.5 Å². The van der Waals surface area contributed by atoms with Crippen LogP contribution in [0.15, 0.2) is 72.8 Å². The van der Waals surface area contributed by atoms with Crippen molar-refractivity contribution in [2.24, 2.45) is 7.05 Å². The number of nitrogens with zero attached hydrogens (tertiary/aromatic N) is 3. The van der Waals surface area contributed by atoms with Crippen molar-refractivity contribution in [3.8, 4) is 17.1 Å². The second-order valence-corrected chi connectivity index (χ2v) is 5.63. The molecule has 0 aliphatic carbocycles. The van der Waals surface area contributed by atoms with E-state index in [1.54, 1.807) is 0 Å². The second-order valence-electron chi connectivity index (χ2n) is 5.63. The van der Waals surface area contributed by atoms with Gasteiger partial charge < -0.3 is 9.30 Å². The maximum atomic E-state index is 6.01. The number of aromatic nitrogens is 3. The Balaban J connectivity index is 1.59. The number of hydrogen-bond acceptors (Lipinski definition) is 3. The third kappa shape index (κ3) is 2.63. The van der Waals surface area contributed by atoms with E-state index in [1.165, 1.54) is 0 Å². The summed E-state index contributed by atoms with van der Waals surface area (Å²) in [7, 11) is 1.96. The van der Waals surface area contributed by atoms with Gasteiger partial charge in [0.05, 0.1) is 0 Å². The lowest BCUT2D eigenvalue weighted by molar-refractivity contribution is 0.295. The van der Waals surface area contributed by atoms with E-state index in [0.29, 0.717) is 6.61 Å². The first-order valence-electron chi connectivity index (χ1n) is 7.87. The summed E-state index contributed by atoms with van der Waals surface area (Å²) in [5.41, 5.74) is 1.05. The van der Waals surface area contributed by atoms with E-state index in [1.807, 2.05) is 66.2 Å². The largest absolute Gasteiger partial charge is 0.485 e. The van der Waals surface area contributed by atoms with Crippen LogP contribution in [0.4, 0.5) is 0 Å². The summed E-state index contributed by atoms with van der Waals surface area (Å²) >= 11 is 0. The van der Waals surface area contributed by atoms with Crippen LogP contribution in [0.25, 0.3) is 22.2 Å². The average Bonchev–Trinajstić information content (AvgIpc) is 3.01. The zero-order valence-corrected chi connectivity index (χ0v) is 13.4. The topological polar surface area (TPSA) is 39.9 Å². The molecule has 0 spiro atoms. The van der Waals surface area contributed by atoms with Gasteiger partial charge in [0.1, 0.15) is 12.4 Å². The van der Waals surface area contributed by atoms with E-state index in [9.17, 15) is 0 Å². The van der Waals surface area contributed by atoms with Crippen molar-refractivity contribution < 1.29 is 4.74 Å². The van der Waals surface area contributed by atoms with Gasteiger partial charge in [0.15, 0.2) is 11.6 Å². The molecule has 1 heterocycles. The van der Waals surface area contributed by atoms with E-state index >= 15 is 0 Å². The maximum absolute atomic E-state index is 6.01. The van der Waals surface area contributed by atoms with Crippen LogP contribution in [0, 0.1) is 0 Å². The zero-order chi connectivity index (χ0) is 16.4. The van der Waals surface area contributed by atoms with Crippen LogP contribution in [0.1, 0.15) is 5.82 Å². The Bertz CT molecular complexity index is 971. The Morgan fingerprint density at radius 2 is 1.58 bits per heavy atom. The monoisotopic (exact) mass is 315 g/mol. The molecule has 0 aliphatic heterocycles. The molecule has 24 heavy (non-hydrogen) atoms. The molecule has 0 radical (unpaired) electrons. The number of fused-ring (bicyclic) bond motifs is 1. The minimum atomic E-state index is 0.379. The van der Waals surface area contributed by atoms with E-state index in [0.717, 1.165) is 33.7 Å². The Hall–Kier alpha value is -3.14. The highest BCUT2D eigenvalue weighted by Gasteiger charge is 2.11. The van der Waals surface area contributed by atoms with Crippen LogP contribution in [0.2, 0.25) is 0 Å². The van der Waals surface area contributed by atoms with Gasteiger partial charge in [-0.2, -0.15) is 0 Å². The smallest absolute Gasteiger partial charge is 0.171 e. The molecule has 0 fully saturated rings. The van der Waals surface area contributed by atoms with Crippen molar-refractivity contribution in [3.63, 3.8) is 0 Å². The molecule has 4 nitrogen and oxygen atoms in total. The molecule has 118 valence electrons. The van der Waals surface area contributed by atoms with Gasteiger partial charge in [-0.1, -0.05) is 66.7 Å². The molecule has 0 unspecified atom stereocenters. The maximum Gasteiger partial charge on any atom is 0.171 e. The molecule has 0 N–H and O–H groups in total. The van der Waals surface area contributed by atoms with Crippen LogP contribution >= 0.6 is 0 Å². The molecule has 3 aromatic carbocycles. The van der Waals surface area contributed by atoms with E-state index in [4.69, 9.17) is 4.74 Å². The standard InChI is InChI=1S/C20H17N3O/c1-23-19(21-22-20(23)16-9-3-2-4-10-16)14-24-18-13-7-11-15-8-5-6-12-17(15)18/h2-13H,14H2,1H3. The highest BCUT2D eigenvalue weighted by Crippen LogP contribution is 2.26. The van der Waals surface area contributed by atoms with Crippen LogP contribution in [0.3, 0.4) is 0 Å². The Morgan fingerprint density at radius 3 is 2.46 bits per heavy atom. The molecular weight excluding hydrogens is 298 g/mol. The van der Waals surface area contributed by atoms with Gasteiger partial charge in [-0.15, -0.1) is 10.2 Å². The lowest BCUT2D eigenvalue weighted by Crippen LogP contribution is -2.04. The van der Waals surface area contributed by atoms with E-state index in [-0.39, 0.29) is 0 Å². The molecule has 4 aromatic rings. The van der Waals surface area contributed by atoms with Crippen molar-refractivity contribution in [2.75, 3.05) is 0 Å². The fourth-order valence-electron chi connectivity index (χ4n) is 2.79. The Labute approximate surface area is 140 Å². The first-order valence-corrected chi connectivity index (χ1v) is 7.87. The predicted molar refractivity (Wildman–Crippen MR) is 94.7 cm³/mol. The minimum Gasteiger partial charge on any atom is -0.485 e. The van der Waals surface area contributed by atoms with E-state index in [2.05, 4.69) is 28.4 Å².